The number of aromatic amines is 1. The highest BCUT2D eigenvalue weighted by atomic mass is 14.7. The van der Waals surface area contributed by atoms with Crippen LogP contribution in [0.1, 0.15) is 30.2 Å². The van der Waals surface area contributed by atoms with E-state index in [0.29, 0.717) is 12.8 Å². The molecule has 2 aromatic carbocycles. The van der Waals surface area contributed by atoms with Gasteiger partial charge in [0.1, 0.15) is 0 Å². The second-order valence-corrected chi connectivity index (χ2v) is 7.78. The van der Waals surface area contributed by atoms with Crippen LogP contribution in [0, 0.1) is 5.41 Å². The van der Waals surface area contributed by atoms with Gasteiger partial charge < -0.3 is 10.4 Å². The van der Waals surface area contributed by atoms with E-state index in [9.17, 15) is 0 Å². The van der Waals surface area contributed by atoms with E-state index < -0.39 is 0 Å². The van der Waals surface area contributed by atoms with Crippen LogP contribution in [0.25, 0.3) is 10.9 Å². The lowest BCUT2D eigenvalue weighted by atomic mass is 9.73. The van der Waals surface area contributed by atoms with E-state index in [0.717, 1.165) is 23.3 Å². The largest absolute Gasteiger partial charge is 0.361 e. The SMILES string of the molecule is CC(CC(=N)Cc1ccccc1)(Cc1ccccn1)c1ccc2[nH]ccc2c1. The van der Waals surface area contributed by atoms with Gasteiger partial charge in [0.25, 0.3) is 0 Å². The molecule has 1 unspecified atom stereocenters. The topological polar surface area (TPSA) is 52.5 Å². The molecule has 0 aliphatic carbocycles. The standard InChI is InChI=1S/C25H25N3/c1-25(18-23-9-5-6-13-27-23,17-22(26)15-19-7-3-2-4-8-19)21-10-11-24-20(16-21)12-14-28-24/h2-14,16,26,28H,15,17-18H2,1H3. The van der Waals surface area contributed by atoms with Crippen molar-refractivity contribution in [2.24, 2.45) is 0 Å². The summed E-state index contributed by atoms with van der Waals surface area (Å²) in [6, 6.07) is 25.0. The van der Waals surface area contributed by atoms with E-state index in [1.54, 1.807) is 0 Å². The van der Waals surface area contributed by atoms with Crippen molar-refractivity contribution in [2.45, 2.75) is 31.6 Å². The van der Waals surface area contributed by atoms with E-state index in [1.165, 1.54) is 16.5 Å². The Morgan fingerprint density at radius 2 is 1.82 bits per heavy atom. The van der Waals surface area contributed by atoms with Crippen LogP contribution in [-0.2, 0) is 18.3 Å². The number of nitrogens with zero attached hydrogens (tertiary/aromatic N) is 1. The third kappa shape index (κ3) is 4.04. The van der Waals surface area contributed by atoms with E-state index in [-0.39, 0.29) is 5.41 Å². The van der Waals surface area contributed by atoms with Crippen molar-refractivity contribution >= 4 is 16.6 Å². The second-order valence-electron chi connectivity index (χ2n) is 7.78. The van der Waals surface area contributed by atoms with Crippen molar-refractivity contribution in [1.29, 1.82) is 5.41 Å². The first-order chi connectivity index (χ1) is 13.6. The number of pyridine rings is 1. The Morgan fingerprint density at radius 1 is 1.00 bits per heavy atom. The minimum absolute atomic E-state index is 0.189. The van der Waals surface area contributed by atoms with E-state index in [1.807, 2.05) is 42.7 Å². The average Bonchev–Trinajstić information content (AvgIpc) is 3.17. The zero-order valence-corrected chi connectivity index (χ0v) is 16.2. The van der Waals surface area contributed by atoms with Gasteiger partial charge in [0.05, 0.1) is 0 Å². The molecule has 0 fully saturated rings. The molecule has 28 heavy (non-hydrogen) atoms. The fraction of sp³-hybridized carbons (Fsp3) is 0.200. The maximum atomic E-state index is 8.70. The van der Waals surface area contributed by atoms with Crippen molar-refractivity contribution in [1.82, 2.24) is 9.97 Å². The van der Waals surface area contributed by atoms with Crippen molar-refractivity contribution < 1.29 is 0 Å². The molecule has 0 bridgehead atoms. The summed E-state index contributed by atoms with van der Waals surface area (Å²) in [7, 11) is 0. The highest BCUT2D eigenvalue weighted by molar-refractivity contribution is 5.85. The Hall–Kier alpha value is -3.20. The van der Waals surface area contributed by atoms with Crippen LogP contribution < -0.4 is 0 Å². The van der Waals surface area contributed by atoms with Crippen LogP contribution in [0.15, 0.2) is 85.2 Å². The van der Waals surface area contributed by atoms with Crippen molar-refractivity contribution in [3.05, 3.63) is 102 Å². The predicted molar refractivity (Wildman–Crippen MR) is 116 cm³/mol. The second kappa shape index (κ2) is 7.81. The van der Waals surface area contributed by atoms with Crippen LogP contribution in [0.2, 0.25) is 0 Å². The van der Waals surface area contributed by atoms with Gasteiger partial charge in [-0.1, -0.05) is 49.4 Å². The Morgan fingerprint density at radius 3 is 2.61 bits per heavy atom. The molecule has 4 rings (SSSR count). The van der Waals surface area contributed by atoms with E-state index in [4.69, 9.17) is 5.41 Å². The van der Waals surface area contributed by atoms with Crippen LogP contribution in [-0.4, -0.2) is 15.7 Å². The summed E-state index contributed by atoms with van der Waals surface area (Å²) in [5.74, 6) is 0. The predicted octanol–water partition coefficient (Wildman–Crippen LogP) is 5.72. The molecule has 4 aromatic rings. The molecule has 140 valence electrons. The molecule has 2 heterocycles. The van der Waals surface area contributed by atoms with Gasteiger partial charge in [-0.2, -0.15) is 0 Å². The first kappa shape index (κ1) is 18.2. The molecule has 0 aliphatic heterocycles. The van der Waals surface area contributed by atoms with E-state index in [2.05, 4.69) is 59.4 Å². The number of hydrogen-bond acceptors (Lipinski definition) is 2. The third-order valence-corrected chi connectivity index (χ3v) is 5.41. The highest BCUT2D eigenvalue weighted by Gasteiger charge is 2.29. The highest BCUT2D eigenvalue weighted by Crippen LogP contribution is 2.34. The summed E-state index contributed by atoms with van der Waals surface area (Å²) < 4.78 is 0. The molecule has 0 saturated carbocycles. The molecule has 0 aliphatic rings. The zero-order chi connectivity index (χ0) is 19.4. The molecule has 1 atom stereocenters. The van der Waals surface area contributed by atoms with Crippen molar-refractivity contribution in [3.63, 3.8) is 0 Å². The lowest BCUT2D eigenvalue weighted by Crippen LogP contribution is -2.29. The molecule has 3 heteroatoms. The van der Waals surface area contributed by atoms with E-state index >= 15 is 0 Å². The summed E-state index contributed by atoms with van der Waals surface area (Å²) in [6.07, 6.45) is 6.02. The summed E-state index contributed by atoms with van der Waals surface area (Å²) in [5.41, 5.74) is 5.21. The number of benzene rings is 2. The Kier molecular flexibility index (Phi) is 5.07. The van der Waals surface area contributed by atoms with Gasteiger partial charge in [-0.25, -0.2) is 0 Å². The minimum atomic E-state index is -0.189. The number of rotatable bonds is 7. The lowest BCUT2D eigenvalue weighted by molar-refractivity contribution is 0.480. The van der Waals surface area contributed by atoms with Crippen LogP contribution in [0.3, 0.4) is 0 Å². The third-order valence-electron chi connectivity index (χ3n) is 5.41. The first-order valence-corrected chi connectivity index (χ1v) is 9.70. The number of hydrogen-bond donors (Lipinski definition) is 2. The van der Waals surface area contributed by atoms with Crippen molar-refractivity contribution in [2.75, 3.05) is 0 Å². The Balaban J connectivity index is 1.65. The summed E-state index contributed by atoms with van der Waals surface area (Å²) in [5, 5.41) is 9.91. The summed E-state index contributed by atoms with van der Waals surface area (Å²) in [4.78, 5) is 7.82. The van der Waals surface area contributed by atoms with Gasteiger partial charge in [-0.15, -0.1) is 0 Å². The normalized spacial score (nSPS) is 13.3. The Bertz CT molecular complexity index is 1070. The molecule has 2 aromatic heterocycles. The zero-order valence-electron chi connectivity index (χ0n) is 16.2. The maximum Gasteiger partial charge on any atom is 0.0454 e. The van der Waals surface area contributed by atoms with Crippen molar-refractivity contribution in [3.8, 4) is 0 Å². The quantitative estimate of drug-likeness (QED) is 0.404. The molecule has 0 amide bonds. The number of nitrogens with one attached hydrogen (secondary N) is 2. The van der Waals surface area contributed by atoms with Crippen LogP contribution in [0.5, 0.6) is 0 Å². The van der Waals surface area contributed by atoms with Gasteiger partial charge >= 0.3 is 0 Å². The number of H-pyrrole nitrogens is 1. The molecule has 2 N–H and O–H groups in total. The Labute approximate surface area is 166 Å². The smallest absolute Gasteiger partial charge is 0.0454 e. The summed E-state index contributed by atoms with van der Waals surface area (Å²) in [6.45, 7) is 2.26. The number of fused-ring (bicyclic) bond motifs is 1. The maximum absolute atomic E-state index is 8.70. The van der Waals surface area contributed by atoms with Gasteiger partial charge in [-0.3, -0.25) is 4.98 Å². The molecule has 3 nitrogen and oxygen atoms in total. The van der Waals surface area contributed by atoms with Gasteiger partial charge in [0, 0.05) is 41.2 Å². The molecule has 0 spiro atoms. The first-order valence-electron chi connectivity index (χ1n) is 9.70. The van der Waals surface area contributed by atoms with Crippen LogP contribution >= 0.6 is 0 Å². The fourth-order valence-corrected chi connectivity index (χ4v) is 3.97. The van der Waals surface area contributed by atoms with Crippen LogP contribution in [0.4, 0.5) is 0 Å². The molecular formula is C25H25N3. The minimum Gasteiger partial charge on any atom is -0.361 e. The van der Waals surface area contributed by atoms with Gasteiger partial charge in [-0.05, 0) is 59.7 Å². The average molecular weight is 367 g/mol. The molecule has 0 radical (unpaired) electrons. The van der Waals surface area contributed by atoms with Gasteiger partial charge in [0.15, 0.2) is 0 Å². The fourth-order valence-electron chi connectivity index (χ4n) is 3.97. The monoisotopic (exact) mass is 367 g/mol. The molecule has 0 saturated heterocycles. The van der Waals surface area contributed by atoms with Gasteiger partial charge in [0.2, 0.25) is 0 Å². The lowest BCUT2D eigenvalue weighted by Gasteiger charge is -2.31. The summed E-state index contributed by atoms with van der Waals surface area (Å²) >= 11 is 0. The molecular weight excluding hydrogens is 342 g/mol. The number of aromatic nitrogens is 2.